The van der Waals surface area contributed by atoms with Gasteiger partial charge >= 0.3 is 0 Å². The van der Waals surface area contributed by atoms with Gasteiger partial charge in [-0.05, 0) is 51.3 Å². The van der Waals surface area contributed by atoms with Gasteiger partial charge in [-0.15, -0.1) is 0 Å². The predicted octanol–water partition coefficient (Wildman–Crippen LogP) is 3.18. The molecule has 0 radical (unpaired) electrons. The molecule has 24 heavy (non-hydrogen) atoms. The van der Waals surface area contributed by atoms with Crippen molar-refractivity contribution in [3.8, 4) is 0 Å². The monoisotopic (exact) mass is 332 g/mol. The lowest BCUT2D eigenvalue weighted by Crippen LogP contribution is -2.61. The highest BCUT2D eigenvalue weighted by molar-refractivity contribution is 5.86. The Kier molecular flexibility index (Phi) is 5.59. The van der Waals surface area contributed by atoms with Crippen molar-refractivity contribution in [3.63, 3.8) is 0 Å². The number of aryl methyl sites for hydroxylation is 1. The molecule has 1 atom stereocenters. The van der Waals surface area contributed by atoms with E-state index in [-0.39, 0.29) is 17.5 Å². The summed E-state index contributed by atoms with van der Waals surface area (Å²) in [7, 11) is 1.95. The molecule has 1 saturated heterocycles. The van der Waals surface area contributed by atoms with E-state index in [0.717, 1.165) is 38.0 Å². The van der Waals surface area contributed by atoms with E-state index in [4.69, 9.17) is 0 Å². The van der Waals surface area contributed by atoms with Crippen LogP contribution in [0.4, 0.5) is 0 Å². The molecule has 5 heteroatoms. The van der Waals surface area contributed by atoms with Crippen LogP contribution in [-0.2, 0) is 11.8 Å². The summed E-state index contributed by atoms with van der Waals surface area (Å²) in [6.07, 6.45) is 12.1. The third-order valence-electron chi connectivity index (χ3n) is 5.99. The third kappa shape index (κ3) is 3.37. The Morgan fingerprint density at radius 2 is 1.88 bits per heavy atom. The minimum absolute atomic E-state index is 0.0496. The van der Waals surface area contributed by atoms with E-state index >= 15 is 0 Å². The zero-order valence-corrected chi connectivity index (χ0v) is 15.3. The van der Waals surface area contributed by atoms with E-state index in [2.05, 4.69) is 22.2 Å². The summed E-state index contributed by atoms with van der Waals surface area (Å²) in [4.78, 5) is 15.9. The SMILES string of the molecule is CCC(NC(=O)C1(N2CCCCC2)CCCCC1)c1ccnn1C. The third-order valence-corrected chi connectivity index (χ3v) is 5.99. The van der Waals surface area contributed by atoms with E-state index in [0.29, 0.717) is 0 Å². The van der Waals surface area contributed by atoms with Crippen molar-refractivity contribution in [1.82, 2.24) is 20.0 Å². The fourth-order valence-corrected chi connectivity index (χ4v) is 4.55. The lowest BCUT2D eigenvalue weighted by molar-refractivity contribution is -0.138. The maximum Gasteiger partial charge on any atom is 0.241 e. The number of piperidine rings is 1. The molecule has 2 aliphatic rings. The second kappa shape index (κ2) is 7.68. The van der Waals surface area contributed by atoms with E-state index < -0.39 is 0 Å². The lowest BCUT2D eigenvalue weighted by Gasteiger charge is -2.47. The summed E-state index contributed by atoms with van der Waals surface area (Å²) in [5, 5.41) is 7.64. The number of carbonyl (C=O) groups is 1. The van der Waals surface area contributed by atoms with Crippen LogP contribution in [0.5, 0.6) is 0 Å². The number of likely N-dealkylation sites (tertiary alicyclic amines) is 1. The fraction of sp³-hybridized carbons (Fsp3) is 0.789. The molecular formula is C19H32N4O. The molecule has 1 saturated carbocycles. The molecule has 1 aromatic rings. The van der Waals surface area contributed by atoms with Gasteiger partial charge in [0.25, 0.3) is 0 Å². The maximum absolute atomic E-state index is 13.4. The molecule has 0 bridgehead atoms. The number of rotatable bonds is 5. The Morgan fingerprint density at radius 3 is 2.46 bits per heavy atom. The number of aromatic nitrogens is 2. The van der Waals surface area contributed by atoms with Gasteiger partial charge in [-0.25, -0.2) is 0 Å². The highest BCUT2D eigenvalue weighted by atomic mass is 16.2. The second-order valence-electron chi connectivity index (χ2n) is 7.45. The molecule has 0 aromatic carbocycles. The molecule has 1 aliphatic heterocycles. The summed E-state index contributed by atoms with van der Waals surface area (Å²) < 4.78 is 1.88. The lowest BCUT2D eigenvalue weighted by atomic mass is 9.78. The van der Waals surface area contributed by atoms with Gasteiger partial charge < -0.3 is 5.32 Å². The second-order valence-corrected chi connectivity index (χ2v) is 7.45. The quantitative estimate of drug-likeness (QED) is 0.901. The van der Waals surface area contributed by atoms with Crippen LogP contribution in [0.2, 0.25) is 0 Å². The average Bonchev–Trinajstić information content (AvgIpc) is 3.06. The average molecular weight is 332 g/mol. The van der Waals surface area contributed by atoms with Crippen LogP contribution in [0.1, 0.15) is 76.4 Å². The Labute approximate surface area is 145 Å². The van der Waals surface area contributed by atoms with E-state index in [1.54, 1.807) is 0 Å². The molecule has 2 heterocycles. The van der Waals surface area contributed by atoms with Crippen LogP contribution < -0.4 is 5.32 Å². The molecule has 3 rings (SSSR count). The Bertz CT molecular complexity index is 541. The van der Waals surface area contributed by atoms with Crippen molar-refractivity contribution in [3.05, 3.63) is 18.0 Å². The molecule has 1 aliphatic carbocycles. The van der Waals surface area contributed by atoms with Crippen LogP contribution in [0.25, 0.3) is 0 Å². The first-order chi connectivity index (χ1) is 11.7. The van der Waals surface area contributed by atoms with Crippen molar-refractivity contribution < 1.29 is 4.79 Å². The normalized spacial score (nSPS) is 22.9. The molecule has 2 fully saturated rings. The highest BCUT2D eigenvalue weighted by Gasteiger charge is 2.45. The molecule has 1 aromatic heterocycles. The Balaban J connectivity index is 1.79. The number of amides is 1. The first-order valence-electron chi connectivity index (χ1n) is 9.71. The first kappa shape index (κ1) is 17.5. The minimum atomic E-state index is -0.273. The first-order valence-corrected chi connectivity index (χ1v) is 9.71. The van der Waals surface area contributed by atoms with E-state index in [9.17, 15) is 4.79 Å². The van der Waals surface area contributed by atoms with Gasteiger partial charge in [0, 0.05) is 13.2 Å². The Morgan fingerprint density at radius 1 is 1.21 bits per heavy atom. The zero-order chi connectivity index (χ0) is 17.0. The van der Waals surface area contributed by atoms with Gasteiger partial charge in [0.2, 0.25) is 5.91 Å². The van der Waals surface area contributed by atoms with Crippen LogP contribution in [0.3, 0.4) is 0 Å². The van der Waals surface area contributed by atoms with E-state index in [1.807, 2.05) is 24.0 Å². The number of nitrogens with one attached hydrogen (secondary N) is 1. The molecule has 1 amide bonds. The van der Waals surface area contributed by atoms with Crippen molar-refractivity contribution in [2.75, 3.05) is 13.1 Å². The summed E-state index contributed by atoms with van der Waals surface area (Å²) in [6.45, 7) is 4.29. The standard InChI is InChI=1S/C19H32N4O/c1-3-16(17-10-13-20-22(17)2)21-18(24)19(11-6-4-7-12-19)23-14-8-5-9-15-23/h10,13,16H,3-9,11-12,14-15H2,1-2H3,(H,21,24). The van der Waals surface area contributed by atoms with Crippen molar-refractivity contribution in [1.29, 1.82) is 0 Å². The smallest absolute Gasteiger partial charge is 0.241 e. The van der Waals surface area contributed by atoms with Crippen LogP contribution in [0, 0.1) is 0 Å². The minimum Gasteiger partial charge on any atom is -0.346 e. The fourth-order valence-electron chi connectivity index (χ4n) is 4.55. The number of hydrogen-bond acceptors (Lipinski definition) is 3. The van der Waals surface area contributed by atoms with Gasteiger partial charge in [-0.1, -0.05) is 32.6 Å². The summed E-state index contributed by atoms with van der Waals surface area (Å²) in [5.74, 6) is 0.247. The molecule has 0 spiro atoms. The van der Waals surface area contributed by atoms with Gasteiger partial charge in [-0.3, -0.25) is 14.4 Å². The largest absolute Gasteiger partial charge is 0.346 e. The summed E-state index contributed by atoms with van der Waals surface area (Å²) in [5.41, 5.74) is 0.820. The molecular weight excluding hydrogens is 300 g/mol. The number of nitrogens with zero attached hydrogens (tertiary/aromatic N) is 3. The van der Waals surface area contributed by atoms with Crippen LogP contribution >= 0.6 is 0 Å². The Hall–Kier alpha value is -1.36. The van der Waals surface area contributed by atoms with Crippen molar-refractivity contribution in [2.45, 2.75) is 76.3 Å². The van der Waals surface area contributed by atoms with Crippen LogP contribution in [0.15, 0.2) is 12.3 Å². The molecule has 134 valence electrons. The van der Waals surface area contributed by atoms with Gasteiger partial charge in [0.1, 0.15) is 5.54 Å². The van der Waals surface area contributed by atoms with Crippen molar-refractivity contribution >= 4 is 5.91 Å². The molecule has 1 unspecified atom stereocenters. The number of carbonyl (C=O) groups excluding carboxylic acids is 1. The van der Waals surface area contributed by atoms with E-state index in [1.165, 1.54) is 38.5 Å². The van der Waals surface area contributed by atoms with Crippen LogP contribution in [-0.4, -0.2) is 39.2 Å². The van der Waals surface area contributed by atoms with Gasteiger partial charge in [0.05, 0.1) is 11.7 Å². The zero-order valence-electron chi connectivity index (χ0n) is 15.3. The highest BCUT2D eigenvalue weighted by Crippen LogP contribution is 2.36. The summed E-state index contributed by atoms with van der Waals surface area (Å²) in [6, 6.07) is 2.07. The summed E-state index contributed by atoms with van der Waals surface area (Å²) >= 11 is 0. The van der Waals surface area contributed by atoms with Gasteiger partial charge in [-0.2, -0.15) is 5.10 Å². The van der Waals surface area contributed by atoms with Crippen molar-refractivity contribution in [2.24, 2.45) is 7.05 Å². The maximum atomic E-state index is 13.4. The topological polar surface area (TPSA) is 50.2 Å². The number of hydrogen-bond donors (Lipinski definition) is 1. The predicted molar refractivity (Wildman–Crippen MR) is 95.6 cm³/mol. The molecule has 5 nitrogen and oxygen atoms in total. The molecule has 1 N–H and O–H groups in total. The van der Waals surface area contributed by atoms with Gasteiger partial charge in [0.15, 0.2) is 0 Å².